The summed E-state index contributed by atoms with van der Waals surface area (Å²) in [5.74, 6) is -1.13. The smallest absolute Gasteiger partial charge is 0.290 e. The second-order valence-electron chi connectivity index (χ2n) is 8.44. The Kier molecular flexibility index (Phi) is 6.68. The van der Waals surface area contributed by atoms with E-state index in [0.717, 1.165) is 5.56 Å². The Morgan fingerprint density at radius 2 is 1.88 bits per heavy atom. The highest BCUT2D eigenvalue weighted by Crippen LogP contribution is 2.41. The Hall–Kier alpha value is -3.29. The second-order valence-corrected chi connectivity index (χ2v) is 8.88. The number of fused-ring (bicyclic) bond motifs is 1. The van der Waals surface area contributed by atoms with Gasteiger partial charge in [-0.1, -0.05) is 49.7 Å². The number of nitrogens with zero attached hydrogens (tertiary/aromatic N) is 1. The van der Waals surface area contributed by atoms with Crippen molar-refractivity contribution in [3.05, 3.63) is 75.7 Å². The standard InChI is InChI=1S/C26H26ClNO6/c1-14(2)15-5-7-16(8-6-15)22-21(24(30)26(31)28(22)9-10-32-3)23(29)19-12-17-11-18(27)13-20(33-4)25(17)34-19/h5-8,11-14,22,30H,9-10H2,1-4H3. The fourth-order valence-corrected chi connectivity index (χ4v) is 4.41. The molecule has 1 N–H and O–H groups in total. The number of Topliss-reactive ketones (excluding diaryl/α,β-unsaturated/α-hetero) is 1. The highest BCUT2D eigenvalue weighted by molar-refractivity contribution is 6.31. The number of hydrogen-bond donors (Lipinski definition) is 1. The van der Waals surface area contributed by atoms with Gasteiger partial charge in [-0.25, -0.2) is 0 Å². The Morgan fingerprint density at radius 1 is 1.18 bits per heavy atom. The topological polar surface area (TPSA) is 89.2 Å². The molecule has 178 valence electrons. The molecular formula is C26H26ClNO6. The number of carbonyl (C=O) groups is 2. The molecule has 2 aromatic carbocycles. The lowest BCUT2D eigenvalue weighted by Crippen LogP contribution is -2.34. The first-order valence-electron chi connectivity index (χ1n) is 10.9. The molecule has 0 radical (unpaired) electrons. The van der Waals surface area contributed by atoms with Crippen LogP contribution < -0.4 is 4.74 Å². The van der Waals surface area contributed by atoms with Crippen molar-refractivity contribution in [3.63, 3.8) is 0 Å². The maximum atomic E-state index is 13.6. The van der Waals surface area contributed by atoms with Crippen LogP contribution in [0.3, 0.4) is 0 Å². The molecule has 1 aliphatic heterocycles. The second kappa shape index (κ2) is 9.52. The van der Waals surface area contributed by atoms with E-state index in [0.29, 0.717) is 33.2 Å². The third kappa shape index (κ3) is 4.17. The molecule has 1 aliphatic rings. The number of ketones is 1. The molecule has 0 spiro atoms. The fraction of sp³-hybridized carbons (Fsp3) is 0.308. The van der Waals surface area contributed by atoms with Crippen LogP contribution in [0.2, 0.25) is 5.02 Å². The van der Waals surface area contributed by atoms with Crippen LogP contribution in [0, 0.1) is 0 Å². The van der Waals surface area contributed by atoms with Crippen molar-refractivity contribution in [2.45, 2.75) is 25.8 Å². The monoisotopic (exact) mass is 483 g/mol. The average Bonchev–Trinajstić information content (AvgIpc) is 3.36. The summed E-state index contributed by atoms with van der Waals surface area (Å²) in [7, 11) is 3.00. The highest BCUT2D eigenvalue weighted by Gasteiger charge is 2.44. The molecule has 0 fully saturated rings. The third-order valence-electron chi connectivity index (χ3n) is 5.99. The number of methoxy groups -OCH3 is 2. The number of hydrogen-bond acceptors (Lipinski definition) is 6. The molecule has 4 rings (SSSR count). The van der Waals surface area contributed by atoms with E-state index in [2.05, 4.69) is 13.8 Å². The van der Waals surface area contributed by atoms with Crippen LogP contribution in [0.15, 0.2) is 58.2 Å². The van der Waals surface area contributed by atoms with Crippen LogP contribution in [-0.2, 0) is 9.53 Å². The largest absolute Gasteiger partial charge is 0.503 e. The van der Waals surface area contributed by atoms with Crippen molar-refractivity contribution >= 4 is 34.3 Å². The summed E-state index contributed by atoms with van der Waals surface area (Å²) in [6.45, 7) is 4.63. The lowest BCUT2D eigenvalue weighted by molar-refractivity contribution is -0.130. The lowest BCUT2D eigenvalue weighted by atomic mass is 9.93. The van der Waals surface area contributed by atoms with E-state index in [1.807, 2.05) is 24.3 Å². The van der Waals surface area contributed by atoms with E-state index in [1.54, 1.807) is 12.1 Å². The molecule has 3 aromatic rings. The van der Waals surface area contributed by atoms with Gasteiger partial charge in [0.05, 0.1) is 25.3 Å². The summed E-state index contributed by atoms with van der Waals surface area (Å²) in [4.78, 5) is 28.1. The quantitative estimate of drug-likeness (QED) is 0.429. The van der Waals surface area contributed by atoms with Gasteiger partial charge < -0.3 is 23.9 Å². The van der Waals surface area contributed by atoms with E-state index >= 15 is 0 Å². The molecular weight excluding hydrogens is 458 g/mol. The molecule has 0 bridgehead atoms. The fourth-order valence-electron chi connectivity index (χ4n) is 4.20. The van der Waals surface area contributed by atoms with Gasteiger partial charge in [0, 0.05) is 30.1 Å². The van der Waals surface area contributed by atoms with Gasteiger partial charge in [-0.15, -0.1) is 0 Å². The van der Waals surface area contributed by atoms with Gasteiger partial charge in [-0.2, -0.15) is 0 Å². The zero-order valence-corrected chi connectivity index (χ0v) is 20.2. The molecule has 0 saturated carbocycles. The molecule has 1 aromatic heterocycles. The van der Waals surface area contributed by atoms with Crippen molar-refractivity contribution in [1.82, 2.24) is 4.90 Å². The summed E-state index contributed by atoms with van der Waals surface area (Å²) < 4.78 is 16.3. The number of benzene rings is 2. The number of ether oxygens (including phenoxy) is 2. The third-order valence-corrected chi connectivity index (χ3v) is 6.21. The number of halogens is 1. The van der Waals surface area contributed by atoms with Crippen LogP contribution in [0.4, 0.5) is 0 Å². The first-order valence-corrected chi connectivity index (χ1v) is 11.3. The van der Waals surface area contributed by atoms with Crippen LogP contribution in [0.1, 0.15) is 47.5 Å². The van der Waals surface area contributed by atoms with E-state index < -0.39 is 23.5 Å². The van der Waals surface area contributed by atoms with Gasteiger partial charge in [-0.05, 0) is 29.2 Å². The minimum atomic E-state index is -0.782. The number of aliphatic hydroxyl groups excluding tert-OH is 1. The van der Waals surface area contributed by atoms with Gasteiger partial charge in [0.2, 0.25) is 5.78 Å². The predicted molar refractivity (Wildman–Crippen MR) is 129 cm³/mol. The number of carbonyl (C=O) groups excluding carboxylic acids is 2. The summed E-state index contributed by atoms with van der Waals surface area (Å²) in [5, 5.41) is 11.8. The molecule has 0 saturated heterocycles. The highest BCUT2D eigenvalue weighted by atomic mass is 35.5. The van der Waals surface area contributed by atoms with Crippen LogP contribution in [0.25, 0.3) is 11.0 Å². The first kappa shape index (κ1) is 23.9. The number of furan rings is 1. The molecule has 8 heteroatoms. The maximum Gasteiger partial charge on any atom is 0.290 e. The van der Waals surface area contributed by atoms with Crippen LogP contribution in [0.5, 0.6) is 5.75 Å². The van der Waals surface area contributed by atoms with Gasteiger partial charge in [0.15, 0.2) is 22.9 Å². The maximum absolute atomic E-state index is 13.6. The molecule has 7 nitrogen and oxygen atoms in total. The first-order chi connectivity index (χ1) is 16.3. The summed E-state index contributed by atoms with van der Waals surface area (Å²) >= 11 is 6.15. The van der Waals surface area contributed by atoms with Gasteiger partial charge in [0.25, 0.3) is 5.91 Å². The Labute approximate surface area is 202 Å². The SMILES string of the molecule is COCCN1C(=O)C(O)=C(C(=O)c2cc3cc(Cl)cc(OC)c3o2)C1c1ccc(C(C)C)cc1. The van der Waals surface area contributed by atoms with E-state index in [-0.39, 0.29) is 24.5 Å². The molecule has 1 amide bonds. The summed E-state index contributed by atoms with van der Waals surface area (Å²) in [5.41, 5.74) is 2.15. The van der Waals surface area contributed by atoms with E-state index in [9.17, 15) is 14.7 Å². The van der Waals surface area contributed by atoms with Crippen LogP contribution >= 0.6 is 11.6 Å². The zero-order chi connectivity index (χ0) is 24.6. The van der Waals surface area contributed by atoms with Crippen LogP contribution in [-0.4, -0.2) is 49.1 Å². The Bertz CT molecular complexity index is 1270. The van der Waals surface area contributed by atoms with Crippen molar-refractivity contribution in [3.8, 4) is 5.75 Å². The van der Waals surface area contributed by atoms with Crippen molar-refractivity contribution in [2.75, 3.05) is 27.4 Å². The van der Waals surface area contributed by atoms with Crippen molar-refractivity contribution < 1.29 is 28.6 Å². The summed E-state index contributed by atoms with van der Waals surface area (Å²) in [6.07, 6.45) is 0. The number of aliphatic hydroxyl groups is 1. The molecule has 2 heterocycles. The molecule has 0 aliphatic carbocycles. The summed E-state index contributed by atoms with van der Waals surface area (Å²) in [6, 6.07) is 11.7. The number of amides is 1. The van der Waals surface area contributed by atoms with Crippen molar-refractivity contribution in [2.24, 2.45) is 0 Å². The normalized spacial score (nSPS) is 16.2. The Balaban J connectivity index is 1.80. The zero-order valence-electron chi connectivity index (χ0n) is 19.4. The average molecular weight is 484 g/mol. The van der Waals surface area contributed by atoms with E-state index in [4.69, 9.17) is 25.5 Å². The van der Waals surface area contributed by atoms with Crippen molar-refractivity contribution in [1.29, 1.82) is 0 Å². The van der Waals surface area contributed by atoms with Gasteiger partial charge in [0.1, 0.15) is 0 Å². The van der Waals surface area contributed by atoms with E-state index in [1.165, 1.54) is 25.2 Å². The molecule has 34 heavy (non-hydrogen) atoms. The Morgan fingerprint density at radius 3 is 2.50 bits per heavy atom. The van der Waals surface area contributed by atoms with Gasteiger partial charge >= 0.3 is 0 Å². The van der Waals surface area contributed by atoms with Gasteiger partial charge in [-0.3, -0.25) is 9.59 Å². The minimum absolute atomic E-state index is 0.0256. The molecule has 1 unspecified atom stereocenters. The number of rotatable bonds is 8. The lowest BCUT2D eigenvalue weighted by Gasteiger charge is -2.26. The minimum Gasteiger partial charge on any atom is -0.503 e. The predicted octanol–water partition coefficient (Wildman–Crippen LogP) is 5.44. The molecule has 1 atom stereocenters.